The summed E-state index contributed by atoms with van der Waals surface area (Å²) >= 11 is 0. The van der Waals surface area contributed by atoms with Crippen LogP contribution in [0.4, 0.5) is 0 Å². The molecule has 0 fully saturated rings. The minimum absolute atomic E-state index is 0.271. The Hall–Kier alpha value is -1.84. The van der Waals surface area contributed by atoms with Crippen LogP contribution in [0, 0.1) is 6.92 Å². The van der Waals surface area contributed by atoms with E-state index >= 15 is 0 Å². The van der Waals surface area contributed by atoms with Gasteiger partial charge in [0.2, 0.25) is 0 Å². The fraction of sp³-hybridized carbons (Fsp3) is 0.273. The van der Waals surface area contributed by atoms with E-state index in [0.29, 0.717) is 11.9 Å². The zero-order valence-corrected chi connectivity index (χ0v) is 8.69. The van der Waals surface area contributed by atoms with Gasteiger partial charge in [-0.2, -0.15) is 5.10 Å². The molecule has 1 aromatic carbocycles. The van der Waals surface area contributed by atoms with Crippen molar-refractivity contribution >= 4 is 16.9 Å². The molecule has 0 saturated heterocycles. The first-order valence-corrected chi connectivity index (χ1v) is 4.84. The summed E-state index contributed by atoms with van der Waals surface area (Å²) < 4.78 is 1.52. The lowest BCUT2D eigenvalue weighted by molar-refractivity contribution is 0.0685. The highest BCUT2D eigenvalue weighted by molar-refractivity contribution is 6.01. The fourth-order valence-electron chi connectivity index (χ4n) is 1.70. The van der Waals surface area contributed by atoms with E-state index < -0.39 is 5.97 Å². The third-order valence-electron chi connectivity index (χ3n) is 2.40. The van der Waals surface area contributed by atoms with Crippen LogP contribution in [0.15, 0.2) is 18.2 Å². The number of aryl methyl sites for hydroxylation is 2. The number of aromatic nitrogens is 2. The Kier molecular flexibility index (Phi) is 2.19. The molecule has 2 aromatic rings. The number of nitrogens with zero attached hydrogens (tertiary/aromatic N) is 2. The van der Waals surface area contributed by atoms with Crippen molar-refractivity contribution in [1.29, 1.82) is 0 Å². The maximum atomic E-state index is 11.1. The summed E-state index contributed by atoms with van der Waals surface area (Å²) in [4.78, 5) is 11.1. The summed E-state index contributed by atoms with van der Waals surface area (Å²) in [6.07, 6.45) is 0. The quantitative estimate of drug-likeness (QED) is 0.814. The number of hydrogen-bond acceptors (Lipinski definition) is 2. The molecule has 15 heavy (non-hydrogen) atoms. The largest absolute Gasteiger partial charge is 0.477 e. The van der Waals surface area contributed by atoms with Crippen LogP contribution < -0.4 is 0 Å². The molecule has 0 spiro atoms. The van der Waals surface area contributed by atoms with Crippen LogP contribution in [-0.4, -0.2) is 20.9 Å². The zero-order chi connectivity index (χ0) is 11.0. The van der Waals surface area contributed by atoms with Gasteiger partial charge in [-0.25, -0.2) is 4.79 Å². The van der Waals surface area contributed by atoms with Crippen molar-refractivity contribution in [2.45, 2.75) is 20.4 Å². The molecule has 0 aliphatic rings. The molecule has 0 saturated carbocycles. The van der Waals surface area contributed by atoms with Gasteiger partial charge < -0.3 is 5.11 Å². The van der Waals surface area contributed by atoms with Gasteiger partial charge in [0.25, 0.3) is 0 Å². The maximum absolute atomic E-state index is 11.1. The van der Waals surface area contributed by atoms with E-state index in [1.165, 1.54) is 4.68 Å². The number of hydrogen-bond donors (Lipinski definition) is 1. The third-order valence-corrected chi connectivity index (χ3v) is 2.40. The van der Waals surface area contributed by atoms with Crippen molar-refractivity contribution in [2.24, 2.45) is 0 Å². The van der Waals surface area contributed by atoms with E-state index in [1.54, 1.807) is 0 Å². The molecular weight excluding hydrogens is 192 g/mol. The van der Waals surface area contributed by atoms with E-state index in [-0.39, 0.29) is 5.69 Å². The Morgan fingerprint density at radius 3 is 2.87 bits per heavy atom. The molecule has 0 aliphatic carbocycles. The van der Waals surface area contributed by atoms with Gasteiger partial charge in [0, 0.05) is 11.9 Å². The number of carbonyl (C=O) groups is 1. The molecular formula is C11H12N2O2. The lowest BCUT2D eigenvalue weighted by Crippen LogP contribution is -2.08. The van der Waals surface area contributed by atoms with E-state index in [2.05, 4.69) is 5.10 Å². The smallest absolute Gasteiger partial charge is 0.354 e. The second-order valence-corrected chi connectivity index (χ2v) is 3.49. The summed E-state index contributed by atoms with van der Waals surface area (Å²) in [5.41, 5.74) is 2.10. The SMILES string of the molecule is CCn1nc2cc(C)ccc2c1C(=O)O. The van der Waals surface area contributed by atoms with Crippen molar-refractivity contribution in [3.63, 3.8) is 0 Å². The van der Waals surface area contributed by atoms with Gasteiger partial charge in [-0.3, -0.25) is 4.68 Å². The number of benzene rings is 1. The second kappa shape index (κ2) is 3.38. The predicted molar refractivity (Wildman–Crippen MR) is 57.1 cm³/mol. The standard InChI is InChI=1S/C11H12N2O2/c1-3-13-10(11(14)15)8-5-4-7(2)6-9(8)12-13/h4-6H,3H2,1-2H3,(H,14,15). The first kappa shape index (κ1) is 9.71. The van der Waals surface area contributed by atoms with Gasteiger partial charge in [0.05, 0.1) is 5.52 Å². The molecule has 0 amide bonds. The average molecular weight is 204 g/mol. The Morgan fingerprint density at radius 2 is 2.27 bits per heavy atom. The summed E-state index contributed by atoms with van der Waals surface area (Å²) in [5.74, 6) is -0.928. The minimum atomic E-state index is -0.928. The summed E-state index contributed by atoms with van der Waals surface area (Å²) in [6.45, 7) is 4.41. The third kappa shape index (κ3) is 1.48. The van der Waals surface area contributed by atoms with Crippen LogP contribution >= 0.6 is 0 Å². The van der Waals surface area contributed by atoms with Crippen LogP contribution in [0.2, 0.25) is 0 Å². The normalized spacial score (nSPS) is 10.8. The molecule has 78 valence electrons. The van der Waals surface area contributed by atoms with Crippen molar-refractivity contribution in [3.8, 4) is 0 Å². The topological polar surface area (TPSA) is 55.1 Å². The molecule has 0 unspecified atom stereocenters. The maximum Gasteiger partial charge on any atom is 0.354 e. The van der Waals surface area contributed by atoms with Crippen molar-refractivity contribution in [1.82, 2.24) is 9.78 Å². The van der Waals surface area contributed by atoms with Crippen molar-refractivity contribution < 1.29 is 9.90 Å². The second-order valence-electron chi connectivity index (χ2n) is 3.49. The van der Waals surface area contributed by atoms with E-state index in [4.69, 9.17) is 5.11 Å². The molecule has 4 nitrogen and oxygen atoms in total. The molecule has 2 rings (SSSR count). The lowest BCUT2D eigenvalue weighted by atomic mass is 10.1. The van der Waals surface area contributed by atoms with Gasteiger partial charge in [0.15, 0.2) is 5.69 Å². The molecule has 1 N–H and O–H groups in total. The minimum Gasteiger partial charge on any atom is -0.477 e. The van der Waals surface area contributed by atoms with Gasteiger partial charge in [0.1, 0.15) is 0 Å². The number of aromatic carboxylic acids is 1. The van der Waals surface area contributed by atoms with Crippen LogP contribution in [0.1, 0.15) is 23.0 Å². The van der Waals surface area contributed by atoms with Crippen LogP contribution in [0.3, 0.4) is 0 Å². The average Bonchev–Trinajstić information content (AvgIpc) is 2.54. The van der Waals surface area contributed by atoms with Gasteiger partial charge >= 0.3 is 5.97 Å². The molecule has 1 heterocycles. The predicted octanol–water partition coefficient (Wildman–Crippen LogP) is 2.06. The Morgan fingerprint density at radius 1 is 1.53 bits per heavy atom. The molecule has 1 aromatic heterocycles. The Labute approximate surface area is 87.1 Å². The molecule has 4 heteroatoms. The molecule has 0 radical (unpaired) electrons. The highest BCUT2D eigenvalue weighted by Crippen LogP contribution is 2.19. The monoisotopic (exact) mass is 204 g/mol. The first-order chi connectivity index (χ1) is 7.13. The van der Waals surface area contributed by atoms with E-state index in [0.717, 1.165) is 11.1 Å². The molecule has 0 aliphatic heterocycles. The highest BCUT2D eigenvalue weighted by Gasteiger charge is 2.16. The number of rotatable bonds is 2. The van der Waals surface area contributed by atoms with Crippen LogP contribution in [0.5, 0.6) is 0 Å². The Balaban J connectivity index is 2.80. The van der Waals surface area contributed by atoms with Gasteiger partial charge in [-0.05, 0) is 25.5 Å². The van der Waals surface area contributed by atoms with Crippen molar-refractivity contribution in [2.75, 3.05) is 0 Å². The van der Waals surface area contributed by atoms with Gasteiger partial charge in [-0.1, -0.05) is 12.1 Å². The van der Waals surface area contributed by atoms with Crippen LogP contribution in [0.25, 0.3) is 10.9 Å². The molecule has 0 atom stereocenters. The van der Waals surface area contributed by atoms with E-state index in [1.807, 2.05) is 32.0 Å². The van der Waals surface area contributed by atoms with E-state index in [9.17, 15) is 4.79 Å². The summed E-state index contributed by atoms with van der Waals surface area (Å²) in [6, 6.07) is 5.61. The van der Waals surface area contributed by atoms with Crippen LogP contribution in [-0.2, 0) is 6.54 Å². The number of carboxylic acids is 1. The highest BCUT2D eigenvalue weighted by atomic mass is 16.4. The number of carboxylic acid groups (broad SMARTS) is 1. The fourth-order valence-corrected chi connectivity index (χ4v) is 1.70. The molecule has 0 bridgehead atoms. The summed E-state index contributed by atoms with van der Waals surface area (Å²) in [7, 11) is 0. The van der Waals surface area contributed by atoms with Crippen molar-refractivity contribution in [3.05, 3.63) is 29.5 Å². The zero-order valence-electron chi connectivity index (χ0n) is 8.69. The lowest BCUT2D eigenvalue weighted by Gasteiger charge is -1.98. The first-order valence-electron chi connectivity index (χ1n) is 4.84. The van der Waals surface area contributed by atoms with Gasteiger partial charge in [-0.15, -0.1) is 0 Å². The summed E-state index contributed by atoms with van der Waals surface area (Å²) in [5, 5.41) is 14.0. The number of fused-ring (bicyclic) bond motifs is 1. The Bertz CT molecular complexity index is 529.